The minimum absolute atomic E-state index is 0.00750. The molecule has 12 heavy (non-hydrogen) atoms. The summed E-state index contributed by atoms with van der Waals surface area (Å²) in [6.07, 6.45) is 0. The number of hydrogen-bond donors (Lipinski definition) is 0. The summed E-state index contributed by atoms with van der Waals surface area (Å²) in [5.41, 5.74) is 1.43. The Morgan fingerprint density at radius 2 is 2.25 bits per heavy atom. The zero-order valence-electron chi connectivity index (χ0n) is 8.89. The van der Waals surface area contributed by atoms with Crippen molar-refractivity contribution in [1.82, 2.24) is 0 Å². The van der Waals surface area contributed by atoms with Crippen LogP contribution in [-0.4, -0.2) is 0 Å². The molecule has 2 nitrogen and oxygen atoms in total. The lowest BCUT2D eigenvalue weighted by Crippen LogP contribution is -1.83. The van der Waals surface area contributed by atoms with Crippen molar-refractivity contribution in [2.45, 2.75) is 13.8 Å². The number of hydrogen-bond acceptors (Lipinski definition) is 1. The lowest BCUT2D eigenvalue weighted by atomic mass is 10.0. The van der Waals surface area contributed by atoms with E-state index < -0.39 is 0 Å². The molecule has 0 aliphatic rings. The van der Waals surface area contributed by atoms with Gasteiger partial charge in [-0.15, -0.1) is 0 Å². The molecule has 0 fully saturated rings. The highest BCUT2D eigenvalue weighted by Gasteiger charge is 2.06. The summed E-state index contributed by atoms with van der Waals surface area (Å²) in [7, 11) is 0. The van der Waals surface area contributed by atoms with Crippen LogP contribution in [-0.2, 0) is 0 Å². The standard InChI is InChI=1S/C10H8N2/c1-7-4-5-9(6-11)10(12-3)8(7)2/h4-5H,1-2H3/i4D,5D. The molecule has 2 heteroatoms. The quantitative estimate of drug-likeness (QED) is 0.533. The highest BCUT2D eigenvalue weighted by Crippen LogP contribution is 2.25. The maximum Gasteiger partial charge on any atom is 0.207 e. The van der Waals surface area contributed by atoms with Gasteiger partial charge in [0.2, 0.25) is 5.69 Å². The minimum atomic E-state index is -0.151. The maximum atomic E-state index is 8.77. The second-order valence-electron chi connectivity index (χ2n) is 2.45. The first-order valence-electron chi connectivity index (χ1n) is 4.42. The molecule has 0 saturated heterocycles. The molecule has 58 valence electrons. The zero-order valence-corrected chi connectivity index (χ0v) is 6.89. The summed E-state index contributed by atoms with van der Waals surface area (Å²) in [6, 6.07) is 1.68. The Labute approximate surface area is 74.7 Å². The fourth-order valence-corrected chi connectivity index (χ4v) is 0.895. The molecule has 0 spiro atoms. The predicted molar refractivity (Wildman–Crippen MR) is 46.9 cm³/mol. The van der Waals surface area contributed by atoms with Crippen molar-refractivity contribution in [1.29, 1.82) is 5.26 Å². The smallest absolute Gasteiger partial charge is 0.207 e. The highest BCUT2D eigenvalue weighted by molar-refractivity contribution is 5.64. The van der Waals surface area contributed by atoms with Crippen LogP contribution in [0.2, 0.25) is 0 Å². The van der Waals surface area contributed by atoms with E-state index in [1.54, 1.807) is 19.9 Å². The first-order valence-corrected chi connectivity index (χ1v) is 3.42. The summed E-state index contributed by atoms with van der Waals surface area (Å²) in [4.78, 5) is 3.23. The van der Waals surface area contributed by atoms with E-state index in [9.17, 15) is 0 Å². The van der Waals surface area contributed by atoms with Gasteiger partial charge in [0, 0.05) is 0 Å². The van der Waals surface area contributed by atoms with E-state index in [1.807, 2.05) is 0 Å². The van der Waals surface area contributed by atoms with Gasteiger partial charge in [-0.3, -0.25) is 0 Å². The van der Waals surface area contributed by atoms with Crippen LogP contribution in [0.15, 0.2) is 12.1 Å². The number of benzene rings is 1. The highest BCUT2D eigenvalue weighted by atomic mass is 14.7. The average Bonchev–Trinajstić information content (AvgIpc) is 2.20. The number of nitriles is 1. The van der Waals surface area contributed by atoms with Gasteiger partial charge in [-0.2, -0.15) is 5.26 Å². The Kier molecular flexibility index (Phi) is 1.48. The van der Waals surface area contributed by atoms with E-state index in [0.29, 0.717) is 11.1 Å². The molecule has 0 aliphatic heterocycles. The number of nitrogens with zero attached hydrogens (tertiary/aromatic N) is 2. The lowest BCUT2D eigenvalue weighted by molar-refractivity contribution is 1.34. The molecule has 0 amide bonds. The van der Waals surface area contributed by atoms with E-state index in [-0.39, 0.29) is 23.3 Å². The van der Waals surface area contributed by atoms with Crippen molar-refractivity contribution >= 4 is 5.69 Å². The van der Waals surface area contributed by atoms with Crippen LogP contribution in [0.4, 0.5) is 5.69 Å². The van der Waals surface area contributed by atoms with E-state index >= 15 is 0 Å². The summed E-state index contributed by atoms with van der Waals surface area (Å²) in [6.45, 7) is 10.3. The molecule has 0 saturated carbocycles. The first kappa shape index (κ1) is 5.80. The van der Waals surface area contributed by atoms with Crippen molar-refractivity contribution in [3.8, 4) is 6.07 Å². The van der Waals surface area contributed by atoms with Gasteiger partial charge in [0.25, 0.3) is 0 Å². The van der Waals surface area contributed by atoms with Crippen molar-refractivity contribution in [3.05, 3.63) is 40.2 Å². The fourth-order valence-electron chi connectivity index (χ4n) is 0.895. The first-order chi connectivity index (χ1) is 6.54. The van der Waals surface area contributed by atoms with Crippen LogP contribution >= 0.6 is 0 Å². The Hall–Kier alpha value is -1.80. The van der Waals surface area contributed by atoms with Gasteiger partial charge in [0.1, 0.15) is 0 Å². The van der Waals surface area contributed by atoms with E-state index in [0.717, 1.165) is 0 Å². The topological polar surface area (TPSA) is 28.1 Å². The zero-order chi connectivity index (χ0) is 10.9. The second kappa shape index (κ2) is 3.07. The van der Waals surface area contributed by atoms with Gasteiger partial charge in [-0.1, -0.05) is 17.6 Å². The lowest BCUT2D eigenvalue weighted by Gasteiger charge is -2.02. The van der Waals surface area contributed by atoms with Gasteiger partial charge >= 0.3 is 0 Å². The van der Waals surface area contributed by atoms with Crippen LogP contribution in [0.1, 0.15) is 19.4 Å². The van der Waals surface area contributed by atoms with E-state index in [2.05, 4.69) is 4.85 Å². The molecule has 1 aromatic carbocycles. The molecule has 1 aromatic rings. The number of rotatable bonds is 0. The largest absolute Gasteiger partial charge is 0.236 e. The van der Waals surface area contributed by atoms with Crippen LogP contribution in [0.25, 0.3) is 4.85 Å². The van der Waals surface area contributed by atoms with Gasteiger partial charge in [-0.25, -0.2) is 4.85 Å². The van der Waals surface area contributed by atoms with Gasteiger partial charge < -0.3 is 0 Å². The molecular formula is C10H8N2. The van der Waals surface area contributed by atoms with Gasteiger partial charge in [0.05, 0.1) is 20.9 Å². The summed E-state index contributed by atoms with van der Waals surface area (Å²) < 4.78 is 15.1. The maximum absolute atomic E-state index is 8.77. The van der Waals surface area contributed by atoms with Gasteiger partial charge in [-0.05, 0) is 19.4 Å². The Balaban J connectivity index is 3.79. The average molecular weight is 158 g/mol. The Morgan fingerprint density at radius 3 is 2.75 bits per heavy atom. The molecule has 0 unspecified atom stereocenters. The predicted octanol–water partition coefficient (Wildman–Crippen LogP) is 2.73. The molecule has 0 N–H and O–H groups in total. The molecule has 0 aromatic heterocycles. The van der Waals surface area contributed by atoms with Crippen molar-refractivity contribution in [2.24, 2.45) is 0 Å². The second-order valence-corrected chi connectivity index (χ2v) is 2.45. The van der Waals surface area contributed by atoms with Crippen LogP contribution < -0.4 is 0 Å². The van der Waals surface area contributed by atoms with E-state index in [4.69, 9.17) is 14.6 Å². The Bertz CT molecular complexity index is 434. The molecule has 0 aliphatic carbocycles. The molecule has 0 radical (unpaired) electrons. The molecule has 1 rings (SSSR count). The van der Waals surface area contributed by atoms with Crippen molar-refractivity contribution < 1.29 is 2.74 Å². The summed E-state index contributed by atoms with van der Waals surface area (Å²) in [5.74, 6) is 0. The third kappa shape index (κ3) is 1.15. The Morgan fingerprint density at radius 1 is 1.58 bits per heavy atom. The SMILES string of the molecule is [2H]c1c([2H])c(C#N)c([N+]#[C-])c(C)c1C. The van der Waals surface area contributed by atoms with Crippen molar-refractivity contribution in [3.63, 3.8) is 0 Å². The molecular weight excluding hydrogens is 148 g/mol. The molecule has 0 heterocycles. The van der Waals surface area contributed by atoms with Crippen LogP contribution in [0, 0.1) is 31.8 Å². The molecule has 0 bridgehead atoms. The van der Waals surface area contributed by atoms with E-state index in [1.165, 1.54) is 0 Å². The normalized spacial score (nSPS) is 11.0. The summed E-state index contributed by atoms with van der Waals surface area (Å²) >= 11 is 0. The van der Waals surface area contributed by atoms with Crippen molar-refractivity contribution in [2.75, 3.05) is 0 Å². The fraction of sp³-hybridized carbons (Fsp3) is 0.200. The third-order valence-electron chi connectivity index (χ3n) is 1.75. The monoisotopic (exact) mass is 158 g/mol. The third-order valence-corrected chi connectivity index (χ3v) is 1.75. The van der Waals surface area contributed by atoms with Crippen LogP contribution in [0.3, 0.4) is 0 Å². The summed E-state index contributed by atoms with van der Waals surface area (Å²) in [5, 5.41) is 8.77. The molecule has 0 atom stereocenters. The van der Waals surface area contributed by atoms with Crippen LogP contribution in [0.5, 0.6) is 0 Å². The van der Waals surface area contributed by atoms with Gasteiger partial charge in [0.15, 0.2) is 0 Å². The minimum Gasteiger partial charge on any atom is -0.236 e.